The van der Waals surface area contributed by atoms with Crippen LogP contribution in [0, 0.1) is 23.5 Å². The Kier molecular flexibility index (Phi) is 8.39. The Morgan fingerprint density at radius 2 is 1.76 bits per heavy atom. The number of ether oxygens (including phenoxy) is 1. The SMILES string of the molecule is O=C(O)C[C@H]1CN([C@@H]2CC[C@@](C(=O)NCc3cc(F)cc(C(F)(F)F)c3)(C3CC3)OC2)CC[C@@H]1c1ccc(F)cc1. The number of carboxylic acid groups (broad SMARTS) is 1. The molecule has 2 aliphatic heterocycles. The van der Waals surface area contributed by atoms with Crippen molar-refractivity contribution in [2.75, 3.05) is 19.7 Å². The summed E-state index contributed by atoms with van der Waals surface area (Å²) in [6.45, 7) is 1.25. The molecule has 1 aliphatic carbocycles. The number of nitrogens with one attached hydrogen (secondary N) is 1. The van der Waals surface area contributed by atoms with E-state index >= 15 is 0 Å². The number of carbonyl (C=O) groups is 2. The van der Waals surface area contributed by atoms with Crippen molar-refractivity contribution in [2.24, 2.45) is 11.8 Å². The number of alkyl halides is 3. The van der Waals surface area contributed by atoms with E-state index in [0.29, 0.717) is 38.4 Å². The van der Waals surface area contributed by atoms with E-state index < -0.39 is 35.0 Å². The molecule has 3 fully saturated rings. The molecule has 0 unspecified atom stereocenters. The van der Waals surface area contributed by atoms with E-state index in [-0.39, 0.29) is 54.7 Å². The van der Waals surface area contributed by atoms with Crippen LogP contribution in [0.25, 0.3) is 0 Å². The van der Waals surface area contributed by atoms with E-state index in [2.05, 4.69) is 10.2 Å². The molecular formula is C30H33F5N2O4. The molecule has 5 rings (SSSR count). The summed E-state index contributed by atoms with van der Waals surface area (Å²) in [4.78, 5) is 27.2. The predicted octanol–water partition coefficient (Wildman–Crippen LogP) is 5.51. The van der Waals surface area contributed by atoms with E-state index in [1.165, 1.54) is 12.1 Å². The third kappa shape index (κ3) is 6.72. The van der Waals surface area contributed by atoms with E-state index in [4.69, 9.17) is 4.74 Å². The van der Waals surface area contributed by atoms with Crippen LogP contribution in [0.2, 0.25) is 0 Å². The Hall–Kier alpha value is -3.05. The van der Waals surface area contributed by atoms with Gasteiger partial charge in [-0.05, 0) is 97.9 Å². The fourth-order valence-corrected chi connectivity index (χ4v) is 6.53. The van der Waals surface area contributed by atoms with Crippen LogP contribution in [0.5, 0.6) is 0 Å². The second-order valence-electron chi connectivity index (χ2n) is 11.5. The van der Waals surface area contributed by atoms with Crippen molar-refractivity contribution in [3.05, 3.63) is 70.8 Å². The minimum atomic E-state index is -4.70. The molecule has 2 heterocycles. The van der Waals surface area contributed by atoms with Crippen molar-refractivity contribution >= 4 is 11.9 Å². The number of rotatable bonds is 8. The van der Waals surface area contributed by atoms with Gasteiger partial charge in [-0.1, -0.05) is 12.1 Å². The molecule has 2 aromatic rings. The molecule has 4 atom stereocenters. The molecule has 2 N–H and O–H groups in total. The maximum absolute atomic E-state index is 13.8. The van der Waals surface area contributed by atoms with Gasteiger partial charge in [0.15, 0.2) is 0 Å². The fraction of sp³-hybridized carbons (Fsp3) is 0.533. The maximum Gasteiger partial charge on any atom is 0.416 e. The predicted molar refractivity (Wildman–Crippen MR) is 139 cm³/mol. The van der Waals surface area contributed by atoms with Crippen LogP contribution in [-0.4, -0.2) is 53.2 Å². The zero-order chi connectivity index (χ0) is 29.4. The molecule has 0 radical (unpaired) electrons. The molecule has 222 valence electrons. The summed E-state index contributed by atoms with van der Waals surface area (Å²) in [6, 6.07) is 8.41. The first-order valence-corrected chi connectivity index (χ1v) is 13.9. The van der Waals surface area contributed by atoms with E-state index in [0.717, 1.165) is 30.5 Å². The standard InChI is InChI=1S/C30H33F5N2O4/c31-23-5-1-19(2-6-23)26-8-10-37(16-20(26)13-27(38)39)25-7-9-29(41-17-25,21-3-4-21)28(40)36-15-18-11-22(30(33,34)35)14-24(32)12-18/h1-2,5-6,11-12,14,20-21,25-26H,3-4,7-10,13,15-17H2,(H,36,40)(H,38,39)/t20-,25+,26+,29-/m0/s1. The Bertz CT molecular complexity index is 1260. The lowest BCUT2D eigenvalue weighted by Crippen LogP contribution is -2.58. The number of aliphatic carboxylic acids is 1. The Balaban J connectivity index is 1.22. The molecule has 41 heavy (non-hydrogen) atoms. The molecule has 11 heteroatoms. The summed E-state index contributed by atoms with van der Waals surface area (Å²) in [6.07, 6.45) is -1.33. The van der Waals surface area contributed by atoms with Crippen molar-refractivity contribution in [2.45, 2.75) is 68.8 Å². The average Bonchev–Trinajstić information content (AvgIpc) is 3.77. The first-order valence-electron chi connectivity index (χ1n) is 13.9. The van der Waals surface area contributed by atoms with Crippen LogP contribution in [-0.2, 0) is 27.0 Å². The minimum Gasteiger partial charge on any atom is -0.481 e. The van der Waals surface area contributed by atoms with Gasteiger partial charge in [-0.2, -0.15) is 13.2 Å². The van der Waals surface area contributed by atoms with Gasteiger partial charge in [0.1, 0.15) is 17.2 Å². The van der Waals surface area contributed by atoms with Gasteiger partial charge in [-0.25, -0.2) is 8.78 Å². The van der Waals surface area contributed by atoms with Gasteiger partial charge >= 0.3 is 12.1 Å². The third-order valence-electron chi connectivity index (χ3n) is 8.76. The van der Waals surface area contributed by atoms with Gasteiger partial charge in [0.05, 0.1) is 12.2 Å². The highest BCUT2D eigenvalue weighted by atomic mass is 19.4. The second kappa shape index (κ2) is 11.7. The molecule has 2 aromatic carbocycles. The average molecular weight is 581 g/mol. The summed E-state index contributed by atoms with van der Waals surface area (Å²) in [5, 5.41) is 12.2. The van der Waals surface area contributed by atoms with Crippen LogP contribution in [0.3, 0.4) is 0 Å². The fourth-order valence-electron chi connectivity index (χ4n) is 6.53. The monoisotopic (exact) mass is 580 g/mol. The topological polar surface area (TPSA) is 78.9 Å². The van der Waals surface area contributed by atoms with Gasteiger partial charge in [0, 0.05) is 25.6 Å². The molecular weight excluding hydrogens is 547 g/mol. The first kappa shape index (κ1) is 29.4. The number of likely N-dealkylation sites (tertiary alicyclic amines) is 1. The molecule has 1 amide bonds. The lowest BCUT2D eigenvalue weighted by atomic mass is 9.77. The van der Waals surface area contributed by atoms with Crippen molar-refractivity contribution in [3.63, 3.8) is 0 Å². The molecule has 2 saturated heterocycles. The van der Waals surface area contributed by atoms with E-state index in [9.17, 15) is 36.6 Å². The summed E-state index contributed by atoms with van der Waals surface area (Å²) < 4.78 is 72.8. The van der Waals surface area contributed by atoms with Crippen molar-refractivity contribution in [1.82, 2.24) is 10.2 Å². The largest absolute Gasteiger partial charge is 0.481 e. The number of halogens is 5. The first-order chi connectivity index (χ1) is 19.4. The number of hydrogen-bond donors (Lipinski definition) is 2. The van der Waals surface area contributed by atoms with Gasteiger partial charge < -0.3 is 15.2 Å². The van der Waals surface area contributed by atoms with Crippen molar-refractivity contribution in [3.8, 4) is 0 Å². The zero-order valence-electron chi connectivity index (χ0n) is 22.4. The maximum atomic E-state index is 13.8. The number of nitrogens with zero attached hydrogens (tertiary/aromatic N) is 1. The highest BCUT2D eigenvalue weighted by Gasteiger charge is 2.54. The van der Waals surface area contributed by atoms with Crippen LogP contribution in [0.1, 0.15) is 61.1 Å². The van der Waals surface area contributed by atoms with Crippen LogP contribution in [0.4, 0.5) is 22.0 Å². The molecule has 0 bridgehead atoms. The Labute approximate surface area is 234 Å². The molecule has 6 nitrogen and oxygen atoms in total. The van der Waals surface area contributed by atoms with Crippen molar-refractivity contribution < 1.29 is 41.4 Å². The smallest absolute Gasteiger partial charge is 0.416 e. The normalized spacial score (nSPS) is 27.4. The quantitative estimate of drug-likeness (QED) is 0.403. The highest BCUT2D eigenvalue weighted by Crippen LogP contribution is 2.48. The molecule has 3 aliphatic rings. The number of amides is 1. The lowest BCUT2D eigenvalue weighted by molar-refractivity contribution is -0.166. The van der Waals surface area contributed by atoms with Gasteiger partial charge in [0.2, 0.25) is 0 Å². The lowest BCUT2D eigenvalue weighted by Gasteiger charge is -2.46. The molecule has 0 aromatic heterocycles. The van der Waals surface area contributed by atoms with E-state index in [1.807, 2.05) is 0 Å². The minimum absolute atomic E-state index is 0.00525. The summed E-state index contributed by atoms with van der Waals surface area (Å²) >= 11 is 0. The van der Waals surface area contributed by atoms with E-state index in [1.54, 1.807) is 12.1 Å². The third-order valence-corrected chi connectivity index (χ3v) is 8.76. The highest BCUT2D eigenvalue weighted by molar-refractivity contribution is 5.86. The van der Waals surface area contributed by atoms with Gasteiger partial charge in [-0.3, -0.25) is 14.5 Å². The molecule has 0 spiro atoms. The Morgan fingerprint density at radius 3 is 2.37 bits per heavy atom. The molecule has 1 saturated carbocycles. The number of benzene rings is 2. The summed E-state index contributed by atoms with van der Waals surface area (Å²) in [7, 11) is 0. The Morgan fingerprint density at radius 1 is 1.02 bits per heavy atom. The van der Waals surface area contributed by atoms with Crippen LogP contribution >= 0.6 is 0 Å². The number of piperidine rings is 1. The number of hydrogen-bond acceptors (Lipinski definition) is 4. The van der Waals surface area contributed by atoms with Crippen LogP contribution in [0.15, 0.2) is 42.5 Å². The summed E-state index contributed by atoms with van der Waals surface area (Å²) in [5.74, 6) is -2.84. The number of carbonyl (C=O) groups excluding carboxylic acids is 1. The number of carboxylic acids is 1. The van der Waals surface area contributed by atoms with Gasteiger partial charge in [0.25, 0.3) is 5.91 Å². The van der Waals surface area contributed by atoms with Crippen molar-refractivity contribution in [1.29, 1.82) is 0 Å². The second-order valence-corrected chi connectivity index (χ2v) is 11.5. The zero-order valence-corrected chi connectivity index (χ0v) is 22.4. The summed E-state index contributed by atoms with van der Waals surface area (Å²) in [5.41, 5.74) is -1.27. The van der Waals surface area contributed by atoms with Crippen LogP contribution < -0.4 is 5.32 Å². The van der Waals surface area contributed by atoms with Gasteiger partial charge in [-0.15, -0.1) is 0 Å².